The van der Waals surface area contributed by atoms with E-state index in [2.05, 4.69) is 10.9 Å². The third-order valence-corrected chi connectivity index (χ3v) is 8.29. The first-order valence-electron chi connectivity index (χ1n) is 12.8. The normalized spacial score (nSPS) is 14.4. The predicted molar refractivity (Wildman–Crippen MR) is 144 cm³/mol. The standard InChI is InChI=1S/C27H44N2O7S/c1-8-35-23(30)16-20(3)21-12-10-13-22(17-21)27(6,25(32)29-28-7)15-11-14-26(4,5)19-37(33,34)18-24(31)36-9-2/h10,12-13,17,20,28H,8-9,11,14-16,18-19H2,1-7H3,(H,29,32). The summed E-state index contributed by atoms with van der Waals surface area (Å²) in [7, 11) is -2.02. The Morgan fingerprint density at radius 3 is 2.22 bits per heavy atom. The predicted octanol–water partition coefficient (Wildman–Crippen LogP) is 3.43. The largest absolute Gasteiger partial charge is 0.466 e. The van der Waals surface area contributed by atoms with Crippen LogP contribution in [0.4, 0.5) is 0 Å². The van der Waals surface area contributed by atoms with Crippen molar-refractivity contribution in [3.05, 3.63) is 35.4 Å². The summed E-state index contributed by atoms with van der Waals surface area (Å²) in [5.74, 6) is -2.09. The van der Waals surface area contributed by atoms with Crippen molar-refractivity contribution in [2.75, 3.05) is 31.8 Å². The molecule has 0 saturated heterocycles. The average molecular weight is 541 g/mol. The van der Waals surface area contributed by atoms with Gasteiger partial charge in [0, 0.05) is 7.05 Å². The molecule has 1 aromatic rings. The Balaban J connectivity index is 3.04. The van der Waals surface area contributed by atoms with Gasteiger partial charge in [0.05, 0.1) is 30.8 Å². The Hall–Kier alpha value is -2.46. The molecule has 10 heteroatoms. The van der Waals surface area contributed by atoms with Crippen molar-refractivity contribution in [3.63, 3.8) is 0 Å². The van der Waals surface area contributed by atoms with Crippen molar-refractivity contribution in [2.24, 2.45) is 5.41 Å². The minimum absolute atomic E-state index is 0.0841. The highest BCUT2D eigenvalue weighted by Crippen LogP contribution is 2.35. The summed E-state index contributed by atoms with van der Waals surface area (Å²) < 4.78 is 34.9. The third-order valence-electron chi connectivity index (χ3n) is 6.39. The number of hydrazine groups is 1. The van der Waals surface area contributed by atoms with Gasteiger partial charge >= 0.3 is 11.9 Å². The number of amides is 1. The lowest BCUT2D eigenvalue weighted by Crippen LogP contribution is -2.47. The Labute approximate surface area is 222 Å². The summed E-state index contributed by atoms with van der Waals surface area (Å²) in [6.45, 7) is 11.4. The van der Waals surface area contributed by atoms with Crippen molar-refractivity contribution >= 4 is 27.7 Å². The molecule has 0 aliphatic carbocycles. The van der Waals surface area contributed by atoms with E-state index < -0.39 is 32.4 Å². The minimum atomic E-state index is -3.63. The maximum atomic E-state index is 13.2. The average Bonchev–Trinajstić information content (AvgIpc) is 2.78. The smallest absolute Gasteiger partial charge is 0.321 e. The van der Waals surface area contributed by atoms with Crippen LogP contribution in [-0.4, -0.2) is 58.0 Å². The van der Waals surface area contributed by atoms with Gasteiger partial charge in [-0.05, 0) is 56.1 Å². The van der Waals surface area contributed by atoms with Gasteiger partial charge in [-0.2, -0.15) is 0 Å². The Morgan fingerprint density at radius 1 is 1.00 bits per heavy atom. The third kappa shape index (κ3) is 10.8. The molecule has 2 N–H and O–H groups in total. The number of hydrogen-bond donors (Lipinski definition) is 2. The SMILES string of the molecule is CCOC(=O)CC(C)c1cccc(C(C)(CCCC(C)(C)CS(=O)(=O)CC(=O)OCC)C(=O)NNC)c1. The van der Waals surface area contributed by atoms with Crippen LogP contribution in [0.15, 0.2) is 24.3 Å². The van der Waals surface area contributed by atoms with Crippen LogP contribution in [0.3, 0.4) is 0 Å². The van der Waals surface area contributed by atoms with Gasteiger partial charge in [-0.3, -0.25) is 19.8 Å². The van der Waals surface area contributed by atoms with Crippen LogP contribution in [0.25, 0.3) is 0 Å². The molecule has 0 radical (unpaired) electrons. The molecule has 2 atom stereocenters. The van der Waals surface area contributed by atoms with Crippen LogP contribution in [0.1, 0.15) is 84.3 Å². The zero-order valence-electron chi connectivity index (χ0n) is 23.3. The second-order valence-electron chi connectivity index (χ2n) is 10.4. The van der Waals surface area contributed by atoms with Crippen LogP contribution >= 0.6 is 0 Å². The van der Waals surface area contributed by atoms with Gasteiger partial charge in [-0.25, -0.2) is 13.8 Å². The fraction of sp³-hybridized carbons (Fsp3) is 0.667. The molecular weight excluding hydrogens is 496 g/mol. The van der Waals surface area contributed by atoms with E-state index in [1.165, 1.54) is 0 Å². The highest BCUT2D eigenvalue weighted by atomic mass is 32.2. The first-order chi connectivity index (χ1) is 17.2. The van der Waals surface area contributed by atoms with Crippen molar-refractivity contribution in [1.82, 2.24) is 10.9 Å². The molecule has 37 heavy (non-hydrogen) atoms. The monoisotopic (exact) mass is 540 g/mol. The number of nitrogens with one attached hydrogen (secondary N) is 2. The molecule has 9 nitrogen and oxygen atoms in total. The molecule has 0 aliphatic rings. The molecule has 0 fully saturated rings. The fourth-order valence-corrected chi connectivity index (χ4v) is 6.32. The van der Waals surface area contributed by atoms with E-state index in [-0.39, 0.29) is 36.6 Å². The van der Waals surface area contributed by atoms with E-state index in [0.717, 1.165) is 11.1 Å². The van der Waals surface area contributed by atoms with E-state index in [9.17, 15) is 22.8 Å². The first kappa shape index (κ1) is 32.6. The van der Waals surface area contributed by atoms with Crippen LogP contribution in [0, 0.1) is 5.41 Å². The summed E-state index contributed by atoms with van der Waals surface area (Å²) >= 11 is 0. The fourth-order valence-electron chi connectivity index (χ4n) is 4.44. The van der Waals surface area contributed by atoms with Gasteiger partial charge in [0.15, 0.2) is 9.84 Å². The number of carbonyl (C=O) groups excluding carboxylic acids is 3. The zero-order valence-corrected chi connectivity index (χ0v) is 24.1. The maximum absolute atomic E-state index is 13.2. The highest BCUT2D eigenvalue weighted by molar-refractivity contribution is 7.92. The van der Waals surface area contributed by atoms with Crippen molar-refractivity contribution < 1.29 is 32.3 Å². The molecule has 0 saturated carbocycles. The van der Waals surface area contributed by atoms with Gasteiger partial charge < -0.3 is 9.47 Å². The highest BCUT2D eigenvalue weighted by Gasteiger charge is 2.36. The van der Waals surface area contributed by atoms with E-state index in [1.54, 1.807) is 20.9 Å². The van der Waals surface area contributed by atoms with E-state index >= 15 is 0 Å². The lowest BCUT2D eigenvalue weighted by atomic mass is 9.75. The lowest BCUT2D eigenvalue weighted by Gasteiger charge is -2.31. The van der Waals surface area contributed by atoms with E-state index in [4.69, 9.17) is 9.47 Å². The van der Waals surface area contributed by atoms with E-state index in [1.807, 2.05) is 52.0 Å². The molecule has 0 heterocycles. The van der Waals surface area contributed by atoms with Crippen molar-refractivity contribution in [3.8, 4) is 0 Å². The number of ether oxygens (including phenoxy) is 2. The minimum Gasteiger partial charge on any atom is -0.466 e. The summed E-state index contributed by atoms with van der Waals surface area (Å²) in [5, 5.41) is 0. The molecule has 2 unspecified atom stereocenters. The molecule has 1 aromatic carbocycles. The molecule has 0 bridgehead atoms. The van der Waals surface area contributed by atoms with E-state index in [0.29, 0.717) is 25.9 Å². The molecule has 1 amide bonds. The zero-order chi connectivity index (χ0) is 28.3. The van der Waals surface area contributed by atoms with Crippen molar-refractivity contribution in [1.29, 1.82) is 0 Å². The van der Waals surface area contributed by atoms with Crippen LogP contribution < -0.4 is 10.9 Å². The van der Waals surface area contributed by atoms with Crippen LogP contribution in [-0.2, 0) is 39.1 Å². The number of hydrogen-bond acceptors (Lipinski definition) is 8. The van der Waals surface area contributed by atoms with Crippen LogP contribution in [0.2, 0.25) is 0 Å². The van der Waals surface area contributed by atoms with Gasteiger partial charge in [0.2, 0.25) is 5.91 Å². The Bertz CT molecular complexity index is 1020. The summed E-state index contributed by atoms with van der Waals surface area (Å²) in [5.41, 5.74) is 5.64. The molecular formula is C27H44N2O7S. The molecule has 0 aliphatic heterocycles. The number of sulfone groups is 1. The second-order valence-corrected chi connectivity index (χ2v) is 12.5. The van der Waals surface area contributed by atoms with Crippen LogP contribution in [0.5, 0.6) is 0 Å². The van der Waals surface area contributed by atoms with Gasteiger partial charge in [-0.1, -0.05) is 51.5 Å². The topological polar surface area (TPSA) is 128 Å². The summed E-state index contributed by atoms with van der Waals surface area (Å²) in [6, 6.07) is 7.66. The Morgan fingerprint density at radius 2 is 1.62 bits per heavy atom. The number of carbonyl (C=O) groups is 3. The number of esters is 2. The molecule has 0 spiro atoms. The number of rotatable bonds is 16. The lowest BCUT2D eigenvalue weighted by molar-refractivity contribution is -0.143. The molecule has 1 rings (SSSR count). The Kier molecular flexibility index (Phi) is 12.7. The van der Waals surface area contributed by atoms with Gasteiger partial charge in [0.1, 0.15) is 5.75 Å². The quantitative estimate of drug-likeness (QED) is 0.241. The van der Waals surface area contributed by atoms with Gasteiger partial charge in [-0.15, -0.1) is 0 Å². The second kappa shape index (κ2) is 14.5. The first-order valence-corrected chi connectivity index (χ1v) is 14.6. The maximum Gasteiger partial charge on any atom is 0.321 e. The van der Waals surface area contributed by atoms with Crippen molar-refractivity contribution in [2.45, 2.75) is 78.6 Å². The molecule has 0 aromatic heterocycles. The summed E-state index contributed by atoms with van der Waals surface area (Å²) in [4.78, 5) is 36.8. The number of benzene rings is 1. The summed E-state index contributed by atoms with van der Waals surface area (Å²) in [6.07, 6.45) is 1.83. The van der Waals surface area contributed by atoms with Gasteiger partial charge in [0.25, 0.3) is 0 Å². The molecule has 210 valence electrons.